The van der Waals surface area contributed by atoms with Crippen molar-refractivity contribution in [3.8, 4) is 5.75 Å². The maximum atomic E-state index is 12.3. The quantitative estimate of drug-likeness (QED) is 0.435. The van der Waals surface area contributed by atoms with Gasteiger partial charge in [0.15, 0.2) is 5.11 Å². The van der Waals surface area contributed by atoms with Crippen molar-refractivity contribution in [1.29, 1.82) is 0 Å². The molecule has 3 rings (SSSR count). The number of nitro benzene ring substituents is 1. The average Bonchev–Trinajstić information content (AvgIpc) is 3.21. The molecule has 2 N–H and O–H groups in total. The van der Waals surface area contributed by atoms with Crippen LogP contribution in [0, 0.1) is 10.1 Å². The number of amides is 1. The number of thiocarbonyl (C=S) groups is 1. The van der Waals surface area contributed by atoms with Gasteiger partial charge in [0.2, 0.25) is 0 Å². The highest BCUT2D eigenvalue weighted by Crippen LogP contribution is 2.19. The van der Waals surface area contributed by atoms with E-state index in [1.54, 1.807) is 30.3 Å². The molecular weight excluding hydrogens is 382 g/mol. The van der Waals surface area contributed by atoms with Crippen molar-refractivity contribution in [2.24, 2.45) is 0 Å². The van der Waals surface area contributed by atoms with Gasteiger partial charge in [0, 0.05) is 18.4 Å². The number of carbonyl (C=O) groups excluding carboxylic acids is 1. The van der Waals surface area contributed by atoms with Gasteiger partial charge in [-0.2, -0.15) is 0 Å². The molecule has 2 aromatic carbocycles. The Hall–Kier alpha value is -3.04. The van der Waals surface area contributed by atoms with Gasteiger partial charge in [-0.05, 0) is 55.4 Å². The fraction of sp³-hybridized carbons (Fsp3) is 0.263. The van der Waals surface area contributed by atoms with Crippen molar-refractivity contribution < 1.29 is 19.2 Å². The summed E-state index contributed by atoms with van der Waals surface area (Å²) in [5.74, 6) is 0.0530. The molecule has 146 valence electrons. The Morgan fingerprint density at radius 2 is 2.00 bits per heavy atom. The van der Waals surface area contributed by atoms with Crippen LogP contribution in [-0.2, 0) is 4.74 Å². The molecule has 0 spiro atoms. The Labute approximate surface area is 167 Å². The molecule has 9 heteroatoms. The lowest BCUT2D eigenvalue weighted by Crippen LogP contribution is -2.34. The number of hydrogen-bond acceptors (Lipinski definition) is 6. The van der Waals surface area contributed by atoms with Gasteiger partial charge in [0.05, 0.1) is 11.0 Å². The average molecular weight is 401 g/mol. The molecule has 2 aromatic rings. The smallest absolute Gasteiger partial charge is 0.282 e. The molecule has 1 unspecified atom stereocenters. The van der Waals surface area contributed by atoms with Crippen LogP contribution < -0.4 is 15.4 Å². The summed E-state index contributed by atoms with van der Waals surface area (Å²) in [4.78, 5) is 22.7. The maximum absolute atomic E-state index is 12.3. The minimum absolute atomic E-state index is 0.0381. The van der Waals surface area contributed by atoms with Gasteiger partial charge in [-0.15, -0.1) is 0 Å². The number of benzene rings is 2. The van der Waals surface area contributed by atoms with Crippen LogP contribution in [0.1, 0.15) is 23.2 Å². The molecular formula is C19H19N3O5S. The molecule has 0 bridgehead atoms. The monoisotopic (exact) mass is 401 g/mol. The van der Waals surface area contributed by atoms with Gasteiger partial charge < -0.3 is 14.8 Å². The summed E-state index contributed by atoms with van der Waals surface area (Å²) >= 11 is 5.12. The van der Waals surface area contributed by atoms with Crippen molar-refractivity contribution in [1.82, 2.24) is 5.32 Å². The van der Waals surface area contributed by atoms with Crippen LogP contribution in [0.5, 0.6) is 5.75 Å². The summed E-state index contributed by atoms with van der Waals surface area (Å²) in [5.41, 5.74) is 0.308. The number of nitro groups is 1. The Balaban J connectivity index is 1.53. The molecule has 1 amide bonds. The van der Waals surface area contributed by atoms with Crippen LogP contribution >= 0.6 is 12.2 Å². The number of ether oxygens (including phenoxy) is 2. The van der Waals surface area contributed by atoms with E-state index < -0.39 is 10.8 Å². The van der Waals surface area contributed by atoms with Crippen LogP contribution in [0.3, 0.4) is 0 Å². The normalized spacial score (nSPS) is 15.6. The summed E-state index contributed by atoms with van der Waals surface area (Å²) in [6.45, 7) is 1.29. The molecule has 1 aliphatic rings. The Morgan fingerprint density at radius 1 is 1.25 bits per heavy atom. The second kappa shape index (κ2) is 9.25. The third kappa shape index (κ3) is 5.24. The highest BCUT2D eigenvalue weighted by Gasteiger charge is 2.20. The van der Waals surface area contributed by atoms with Gasteiger partial charge in [0.25, 0.3) is 11.6 Å². The number of anilines is 1. The van der Waals surface area contributed by atoms with E-state index in [0.717, 1.165) is 19.4 Å². The number of nitrogens with zero attached hydrogens (tertiary/aromatic N) is 1. The third-order valence-electron chi connectivity index (χ3n) is 4.14. The van der Waals surface area contributed by atoms with E-state index in [2.05, 4.69) is 10.6 Å². The number of carbonyl (C=O) groups is 1. The van der Waals surface area contributed by atoms with Crippen LogP contribution in [0.25, 0.3) is 0 Å². The SMILES string of the molecule is O=C(NC(=S)Nc1ccc(OCC2CCCO2)cc1)c1ccccc1[N+](=O)[O-]. The molecule has 0 saturated carbocycles. The number of rotatable bonds is 6. The molecule has 1 atom stereocenters. The van der Waals surface area contributed by atoms with Gasteiger partial charge in [-0.1, -0.05) is 12.1 Å². The van der Waals surface area contributed by atoms with Gasteiger partial charge in [-0.3, -0.25) is 20.2 Å². The molecule has 8 nitrogen and oxygen atoms in total. The topological polar surface area (TPSA) is 103 Å². The lowest BCUT2D eigenvalue weighted by atomic mass is 10.1. The predicted octanol–water partition coefficient (Wildman–Crippen LogP) is 3.28. The lowest BCUT2D eigenvalue weighted by molar-refractivity contribution is -0.385. The van der Waals surface area contributed by atoms with Gasteiger partial charge in [0.1, 0.15) is 17.9 Å². The summed E-state index contributed by atoms with van der Waals surface area (Å²) in [7, 11) is 0. The van der Waals surface area contributed by atoms with E-state index >= 15 is 0 Å². The highest BCUT2D eigenvalue weighted by atomic mass is 32.1. The summed E-state index contributed by atoms with van der Waals surface area (Å²) in [6, 6.07) is 12.8. The zero-order valence-corrected chi connectivity index (χ0v) is 15.7. The second-order valence-electron chi connectivity index (χ2n) is 6.15. The minimum atomic E-state index is -0.652. The highest BCUT2D eigenvalue weighted by molar-refractivity contribution is 7.80. The summed E-state index contributed by atoms with van der Waals surface area (Å²) in [5, 5.41) is 16.4. The van der Waals surface area contributed by atoms with Crippen molar-refractivity contribution >= 4 is 34.6 Å². The van der Waals surface area contributed by atoms with Crippen molar-refractivity contribution in [2.75, 3.05) is 18.5 Å². The Kier molecular flexibility index (Phi) is 6.51. The standard InChI is InChI=1S/C19H19N3O5S/c23-18(16-5-1-2-6-17(16)22(24)25)21-19(28)20-13-7-9-14(10-8-13)27-12-15-4-3-11-26-15/h1-2,5-10,15H,3-4,11-12H2,(H2,20,21,23,28). The van der Waals surface area contributed by atoms with Crippen molar-refractivity contribution in [2.45, 2.75) is 18.9 Å². The van der Waals surface area contributed by atoms with Gasteiger partial charge >= 0.3 is 0 Å². The van der Waals surface area contributed by atoms with E-state index in [0.29, 0.717) is 18.0 Å². The molecule has 1 saturated heterocycles. The van der Waals surface area contributed by atoms with Crippen LogP contribution in [0.15, 0.2) is 48.5 Å². The summed E-state index contributed by atoms with van der Waals surface area (Å²) < 4.78 is 11.2. The zero-order valence-electron chi connectivity index (χ0n) is 14.9. The maximum Gasteiger partial charge on any atom is 0.282 e. The van der Waals surface area contributed by atoms with Crippen LogP contribution in [0.2, 0.25) is 0 Å². The number of para-hydroxylation sites is 1. The van der Waals surface area contributed by atoms with Crippen LogP contribution in [-0.4, -0.2) is 35.3 Å². The van der Waals surface area contributed by atoms with E-state index in [1.165, 1.54) is 18.2 Å². The van der Waals surface area contributed by atoms with E-state index in [1.807, 2.05) is 0 Å². The van der Waals surface area contributed by atoms with E-state index in [-0.39, 0.29) is 22.5 Å². The predicted molar refractivity (Wildman–Crippen MR) is 108 cm³/mol. The Bertz CT molecular complexity index is 866. The summed E-state index contributed by atoms with van der Waals surface area (Å²) in [6.07, 6.45) is 2.21. The lowest BCUT2D eigenvalue weighted by Gasteiger charge is -2.13. The number of nitrogens with one attached hydrogen (secondary N) is 2. The largest absolute Gasteiger partial charge is 0.491 e. The van der Waals surface area contributed by atoms with E-state index in [4.69, 9.17) is 21.7 Å². The van der Waals surface area contributed by atoms with Crippen LogP contribution in [0.4, 0.5) is 11.4 Å². The molecule has 1 fully saturated rings. The number of hydrogen-bond donors (Lipinski definition) is 2. The minimum Gasteiger partial charge on any atom is -0.491 e. The molecule has 1 heterocycles. The first kappa shape index (κ1) is 19.7. The first-order valence-electron chi connectivity index (χ1n) is 8.73. The molecule has 0 aliphatic carbocycles. The fourth-order valence-corrected chi connectivity index (χ4v) is 2.97. The third-order valence-corrected chi connectivity index (χ3v) is 4.35. The zero-order chi connectivity index (χ0) is 19.9. The van der Waals surface area contributed by atoms with Crippen molar-refractivity contribution in [3.63, 3.8) is 0 Å². The van der Waals surface area contributed by atoms with Gasteiger partial charge in [-0.25, -0.2) is 0 Å². The molecule has 0 aromatic heterocycles. The molecule has 1 aliphatic heterocycles. The second-order valence-corrected chi connectivity index (χ2v) is 6.56. The first-order chi connectivity index (χ1) is 13.5. The fourth-order valence-electron chi connectivity index (χ4n) is 2.76. The first-order valence-corrected chi connectivity index (χ1v) is 9.14. The Morgan fingerprint density at radius 3 is 2.68 bits per heavy atom. The molecule has 0 radical (unpaired) electrons. The molecule has 28 heavy (non-hydrogen) atoms. The van der Waals surface area contributed by atoms with Crippen molar-refractivity contribution in [3.05, 3.63) is 64.2 Å². The van der Waals surface area contributed by atoms with E-state index in [9.17, 15) is 14.9 Å².